The van der Waals surface area contributed by atoms with Crippen LogP contribution in [0, 0.1) is 0 Å². The Morgan fingerprint density at radius 1 is 1.17 bits per heavy atom. The van der Waals surface area contributed by atoms with E-state index in [1.807, 2.05) is 29.2 Å². The number of amidine groups is 1. The van der Waals surface area contributed by atoms with Gasteiger partial charge in [0, 0.05) is 11.3 Å². The molecule has 0 unspecified atom stereocenters. The average Bonchev–Trinajstić information content (AvgIpc) is 3.19. The van der Waals surface area contributed by atoms with Crippen molar-refractivity contribution in [2.75, 3.05) is 37.0 Å². The number of hydrogen-bond acceptors (Lipinski definition) is 5. The number of thioether (sulfide) groups is 1. The van der Waals surface area contributed by atoms with Gasteiger partial charge in [0.25, 0.3) is 5.91 Å². The first-order valence-corrected chi connectivity index (χ1v) is 9.21. The maximum absolute atomic E-state index is 12.9. The summed E-state index contributed by atoms with van der Waals surface area (Å²) in [5, 5.41) is 0.739. The van der Waals surface area contributed by atoms with E-state index in [0.29, 0.717) is 12.4 Å². The van der Waals surface area contributed by atoms with Crippen LogP contribution in [0.15, 0.2) is 34.3 Å². The molecule has 0 saturated carbocycles. The van der Waals surface area contributed by atoms with Gasteiger partial charge in [-0.15, -0.1) is 0 Å². The lowest BCUT2D eigenvalue weighted by molar-refractivity contribution is -0.112. The maximum atomic E-state index is 12.9. The summed E-state index contributed by atoms with van der Waals surface area (Å²) in [7, 11) is 0. The first kappa shape index (κ1) is 14.9. The molecule has 1 aromatic carbocycles. The number of amides is 1. The topological polar surface area (TPSA) is 48.3 Å². The first-order chi connectivity index (χ1) is 11.3. The molecule has 0 aromatic heterocycles. The lowest BCUT2D eigenvalue weighted by atomic mass is 10.1. The smallest absolute Gasteiger partial charge is 0.278 e. The summed E-state index contributed by atoms with van der Waals surface area (Å²) in [6.45, 7) is 3.60. The summed E-state index contributed by atoms with van der Waals surface area (Å²) in [6, 6.07) is 7.96. The van der Waals surface area contributed by atoms with Gasteiger partial charge in [0.2, 0.25) is 0 Å². The van der Waals surface area contributed by atoms with Gasteiger partial charge in [-0.25, -0.2) is 4.99 Å². The van der Waals surface area contributed by atoms with Gasteiger partial charge in [-0.05, 0) is 32.0 Å². The molecule has 1 fully saturated rings. The zero-order valence-corrected chi connectivity index (χ0v) is 13.9. The number of nitrogens with zero attached hydrogens (tertiary/aromatic N) is 4. The molecule has 23 heavy (non-hydrogen) atoms. The molecule has 5 nitrogen and oxygen atoms in total. The molecule has 6 heteroatoms. The van der Waals surface area contributed by atoms with Crippen LogP contribution in [0.4, 0.5) is 5.69 Å². The number of aliphatic imine (C=N–C) groups is 2. The predicted octanol–water partition coefficient (Wildman–Crippen LogP) is 2.37. The minimum atomic E-state index is 0.00646. The van der Waals surface area contributed by atoms with Crippen molar-refractivity contribution < 1.29 is 4.79 Å². The van der Waals surface area contributed by atoms with Crippen LogP contribution >= 0.6 is 11.8 Å². The van der Waals surface area contributed by atoms with Gasteiger partial charge in [-0.1, -0.05) is 36.4 Å². The van der Waals surface area contributed by atoms with Gasteiger partial charge in [0.15, 0.2) is 5.17 Å². The van der Waals surface area contributed by atoms with Gasteiger partial charge in [0.05, 0.1) is 18.9 Å². The Morgan fingerprint density at radius 3 is 2.78 bits per heavy atom. The third-order valence-electron chi connectivity index (χ3n) is 4.46. The Morgan fingerprint density at radius 2 is 2.00 bits per heavy atom. The Labute approximate surface area is 140 Å². The number of likely N-dealkylation sites (tertiary alicyclic amines) is 1. The number of benzene rings is 1. The molecule has 0 atom stereocenters. The number of rotatable bonds is 2. The monoisotopic (exact) mass is 328 g/mol. The Kier molecular flexibility index (Phi) is 4.18. The van der Waals surface area contributed by atoms with E-state index in [2.05, 4.69) is 14.9 Å². The summed E-state index contributed by atoms with van der Waals surface area (Å²) in [4.78, 5) is 26.1. The molecule has 1 saturated heterocycles. The number of hydrogen-bond donors (Lipinski definition) is 0. The lowest BCUT2D eigenvalue weighted by Gasteiger charge is -2.30. The highest BCUT2D eigenvalue weighted by molar-refractivity contribution is 8.14. The number of anilines is 1. The van der Waals surface area contributed by atoms with Crippen molar-refractivity contribution in [3.8, 4) is 0 Å². The van der Waals surface area contributed by atoms with Crippen LogP contribution in [0.3, 0.4) is 0 Å². The Bertz CT molecular complexity index is 679. The third kappa shape index (κ3) is 2.93. The van der Waals surface area contributed by atoms with Crippen LogP contribution in [-0.2, 0) is 4.79 Å². The number of piperidine rings is 1. The van der Waals surface area contributed by atoms with Crippen LogP contribution < -0.4 is 4.90 Å². The molecule has 1 aromatic rings. The van der Waals surface area contributed by atoms with E-state index in [4.69, 9.17) is 0 Å². The molecule has 0 bridgehead atoms. The van der Waals surface area contributed by atoms with Gasteiger partial charge in [-0.2, -0.15) is 0 Å². The Hall–Kier alpha value is -1.66. The van der Waals surface area contributed by atoms with Gasteiger partial charge in [0.1, 0.15) is 5.71 Å². The van der Waals surface area contributed by atoms with Crippen LogP contribution in [0.2, 0.25) is 0 Å². The van der Waals surface area contributed by atoms with Crippen molar-refractivity contribution in [1.29, 1.82) is 0 Å². The fraction of sp³-hybridized carbons (Fsp3) is 0.471. The van der Waals surface area contributed by atoms with Crippen LogP contribution in [-0.4, -0.2) is 53.7 Å². The molecule has 3 aliphatic heterocycles. The quantitative estimate of drug-likeness (QED) is 0.837. The lowest BCUT2D eigenvalue weighted by Crippen LogP contribution is -2.43. The van der Waals surface area contributed by atoms with Crippen molar-refractivity contribution >= 4 is 34.2 Å². The van der Waals surface area contributed by atoms with Crippen molar-refractivity contribution in [3.63, 3.8) is 0 Å². The van der Waals surface area contributed by atoms with E-state index in [1.165, 1.54) is 19.3 Å². The van der Waals surface area contributed by atoms with E-state index < -0.39 is 0 Å². The summed E-state index contributed by atoms with van der Waals surface area (Å²) < 4.78 is 0. The standard InChI is InChI=1S/C17H20N4OS/c22-16-15(19-17-18-8-11-23-17)13-6-2-3-7-14(13)21(16)12-20-9-4-1-5-10-20/h2-3,6-7H,1,4-5,8-12H2. The zero-order valence-electron chi connectivity index (χ0n) is 13.1. The summed E-state index contributed by atoms with van der Waals surface area (Å²) in [6.07, 6.45) is 3.74. The van der Waals surface area contributed by atoms with Gasteiger partial charge < -0.3 is 0 Å². The van der Waals surface area contributed by atoms with Crippen molar-refractivity contribution in [2.24, 2.45) is 9.98 Å². The highest BCUT2D eigenvalue weighted by Gasteiger charge is 2.35. The van der Waals surface area contributed by atoms with Crippen molar-refractivity contribution in [2.45, 2.75) is 19.3 Å². The maximum Gasteiger partial charge on any atom is 0.278 e. The second kappa shape index (κ2) is 6.45. The molecule has 0 aliphatic carbocycles. The summed E-state index contributed by atoms with van der Waals surface area (Å²) in [5.74, 6) is 0.964. The van der Waals surface area contributed by atoms with Crippen LogP contribution in [0.1, 0.15) is 24.8 Å². The van der Waals surface area contributed by atoms with E-state index in [9.17, 15) is 4.79 Å². The minimum absolute atomic E-state index is 0.00646. The molecular weight excluding hydrogens is 308 g/mol. The number of carbonyl (C=O) groups is 1. The normalized spacial score (nSPS) is 23.5. The molecule has 1 amide bonds. The molecule has 0 N–H and O–H groups in total. The van der Waals surface area contributed by atoms with Crippen molar-refractivity contribution in [1.82, 2.24) is 4.90 Å². The minimum Gasteiger partial charge on any atom is -0.293 e. The molecule has 4 rings (SSSR count). The van der Waals surface area contributed by atoms with E-state index in [-0.39, 0.29) is 5.91 Å². The number of carbonyl (C=O) groups excluding carboxylic acids is 1. The van der Waals surface area contributed by atoms with E-state index >= 15 is 0 Å². The molecule has 0 spiro atoms. The zero-order chi connectivity index (χ0) is 15.6. The van der Waals surface area contributed by atoms with E-state index in [0.717, 1.165) is 41.8 Å². The van der Waals surface area contributed by atoms with Gasteiger partial charge in [-0.3, -0.25) is 19.6 Å². The molecule has 0 radical (unpaired) electrons. The summed E-state index contributed by atoms with van der Waals surface area (Å²) >= 11 is 1.62. The fourth-order valence-corrected chi connectivity index (χ4v) is 4.00. The second-order valence-electron chi connectivity index (χ2n) is 6.04. The van der Waals surface area contributed by atoms with Crippen LogP contribution in [0.5, 0.6) is 0 Å². The SMILES string of the molecule is O=C1C(=NC2=NCCS2)c2ccccc2N1CN1CCCCC1. The highest BCUT2D eigenvalue weighted by Crippen LogP contribution is 2.30. The summed E-state index contributed by atoms with van der Waals surface area (Å²) in [5.41, 5.74) is 2.46. The fourth-order valence-electron chi connectivity index (χ4n) is 3.30. The molecular formula is C17H20N4OS. The van der Waals surface area contributed by atoms with Crippen LogP contribution in [0.25, 0.3) is 0 Å². The van der Waals surface area contributed by atoms with Gasteiger partial charge >= 0.3 is 0 Å². The number of fused-ring (bicyclic) bond motifs is 1. The third-order valence-corrected chi connectivity index (χ3v) is 5.33. The average molecular weight is 328 g/mol. The second-order valence-corrected chi connectivity index (χ2v) is 7.11. The van der Waals surface area contributed by atoms with E-state index in [1.54, 1.807) is 11.8 Å². The largest absolute Gasteiger partial charge is 0.293 e. The molecule has 3 heterocycles. The highest BCUT2D eigenvalue weighted by atomic mass is 32.2. The van der Waals surface area contributed by atoms with Crippen molar-refractivity contribution in [3.05, 3.63) is 29.8 Å². The molecule has 120 valence electrons. The first-order valence-electron chi connectivity index (χ1n) is 8.22. The predicted molar refractivity (Wildman–Crippen MR) is 95.5 cm³/mol. The number of para-hydroxylation sites is 1. The molecule has 3 aliphatic rings. The Balaban J connectivity index is 1.64.